The standard InChI is InChI=1S/C13H25N3O3/c1-5-19-12(18)10(14)11(17)16(4)9-13(15(2)3)7-6-8-13/h10H,5-9,14H2,1-4H3. The van der Waals surface area contributed by atoms with Crippen LogP contribution in [0.25, 0.3) is 0 Å². The fourth-order valence-corrected chi connectivity index (χ4v) is 2.42. The molecule has 1 amide bonds. The molecule has 0 aromatic heterocycles. The molecular formula is C13H25N3O3. The molecule has 0 spiro atoms. The second kappa shape index (κ2) is 6.34. The van der Waals surface area contributed by atoms with Gasteiger partial charge in [0.25, 0.3) is 5.91 Å². The highest BCUT2D eigenvalue weighted by Crippen LogP contribution is 2.36. The van der Waals surface area contributed by atoms with Gasteiger partial charge in [-0.15, -0.1) is 0 Å². The van der Waals surface area contributed by atoms with Crippen molar-refractivity contribution in [2.45, 2.75) is 37.8 Å². The molecule has 19 heavy (non-hydrogen) atoms. The highest BCUT2D eigenvalue weighted by molar-refractivity contribution is 6.01. The molecule has 0 aliphatic heterocycles. The minimum Gasteiger partial charge on any atom is -0.464 e. The number of amides is 1. The van der Waals surface area contributed by atoms with Crippen molar-refractivity contribution in [2.75, 3.05) is 34.3 Å². The molecule has 1 aliphatic carbocycles. The fraction of sp³-hybridized carbons (Fsp3) is 0.846. The Bertz CT molecular complexity index is 340. The summed E-state index contributed by atoms with van der Waals surface area (Å²) in [6, 6.07) is -1.22. The Morgan fingerprint density at radius 1 is 1.32 bits per heavy atom. The van der Waals surface area contributed by atoms with Crippen LogP contribution in [0.5, 0.6) is 0 Å². The number of rotatable bonds is 6. The van der Waals surface area contributed by atoms with Gasteiger partial charge in [-0.3, -0.25) is 4.79 Å². The summed E-state index contributed by atoms with van der Waals surface area (Å²) in [6.45, 7) is 2.51. The first kappa shape index (κ1) is 15.9. The number of ether oxygens (including phenoxy) is 1. The van der Waals surface area contributed by atoms with Gasteiger partial charge < -0.3 is 20.3 Å². The van der Waals surface area contributed by atoms with E-state index in [1.807, 2.05) is 14.1 Å². The predicted octanol–water partition coefficient (Wildman–Crippen LogP) is -0.180. The van der Waals surface area contributed by atoms with Gasteiger partial charge in [0.05, 0.1) is 6.61 Å². The van der Waals surface area contributed by atoms with Crippen molar-refractivity contribution < 1.29 is 14.3 Å². The van der Waals surface area contributed by atoms with E-state index < -0.39 is 12.0 Å². The Kier molecular flexibility index (Phi) is 5.31. The second-order valence-corrected chi connectivity index (χ2v) is 5.40. The SMILES string of the molecule is CCOC(=O)C(N)C(=O)N(C)CC1(N(C)C)CCC1. The zero-order valence-corrected chi connectivity index (χ0v) is 12.3. The van der Waals surface area contributed by atoms with Crippen LogP contribution in [0.3, 0.4) is 0 Å². The molecule has 1 atom stereocenters. The molecule has 0 heterocycles. The Balaban J connectivity index is 2.59. The summed E-state index contributed by atoms with van der Waals surface area (Å²) in [5.74, 6) is -1.04. The maximum absolute atomic E-state index is 12.1. The monoisotopic (exact) mass is 271 g/mol. The molecule has 1 saturated carbocycles. The maximum Gasteiger partial charge on any atom is 0.332 e. The van der Waals surface area contributed by atoms with Crippen molar-refractivity contribution >= 4 is 11.9 Å². The van der Waals surface area contributed by atoms with Gasteiger partial charge in [-0.2, -0.15) is 0 Å². The number of likely N-dealkylation sites (N-methyl/N-ethyl adjacent to an activating group) is 2. The van der Waals surface area contributed by atoms with Crippen LogP contribution < -0.4 is 5.73 Å². The summed E-state index contributed by atoms with van der Waals surface area (Å²) in [4.78, 5) is 27.2. The van der Waals surface area contributed by atoms with Crippen molar-refractivity contribution in [2.24, 2.45) is 5.73 Å². The highest BCUT2D eigenvalue weighted by Gasteiger charge is 2.41. The van der Waals surface area contributed by atoms with Crippen LogP contribution in [-0.4, -0.2) is 67.6 Å². The van der Waals surface area contributed by atoms with E-state index in [1.54, 1.807) is 18.9 Å². The van der Waals surface area contributed by atoms with Crippen molar-refractivity contribution in [1.29, 1.82) is 0 Å². The third-order valence-corrected chi connectivity index (χ3v) is 3.95. The van der Waals surface area contributed by atoms with Gasteiger partial charge in [0.1, 0.15) is 0 Å². The van der Waals surface area contributed by atoms with Gasteiger partial charge in [-0.25, -0.2) is 4.79 Å². The van der Waals surface area contributed by atoms with E-state index in [1.165, 1.54) is 6.42 Å². The largest absolute Gasteiger partial charge is 0.464 e. The van der Waals surface area contributed by atoms with Crippen molar-refractivity contribution in [3.63, 3.8) is 0 Å². The summed E-state index contributed by atoms with van der Waals surface area (Å²) in [5, 5.41) is 0. The van der Waals surface area contributed by atoms with Gasteiger partial charge in [0.15, 0.2) is 6.04 Å². The lowest BCUT2D eigenvalue weighted by atomic mass is 9.75. The lowest BCUT2D eigenvalue weighted by molar-refractivity contribution is -0.151. The molecule has 6 nitrogen and oxygen atoms in total. The number of hydrogen-bond donors (Lipinski definition) is 1. The zero-order chi connectivity index (χ0) is 14.6. The van der Waals surface area contributed by atoms with Crippen LogP contribution in [0.4, 0.5) is 0 Å². The summed E-state index contributed by atoms with van der Waals surface area (Å²) in [7, 11) is 5.72. The first-order chi connectivity index (χ1) is 8.84. The minimum atomic E-state index is -1.22. The molecule has 0 aromatic rings. The molecule has 1 aliphatic rings. The first-order valence-corrected chi connectivity index (χ1v) is 6.68. The molecule has 1 unspecified atom stereocenters. The molecular weight excluding hydrogens is 246 g/mol. The summed E-state index contributed by atoms with van der Waals surface area (Å²) in [6.07, 6.45) is 3.29. The molecule has 0 aromatic carbocycles. The summed E-state index contributed by atoms with van der Waals surface area (Å²) >= 11 is 0. The van der Waals surface area contributed by atoms with E-state index in [-0.39, 0.29) is 18.1 Å². The third-order valence-electron chi connectivity index (χ3n) is 3.95. The average molecular weight is 271 g/mol. The van der Waals surface area contributed by atoms with Crippen LogP contribution in [0.1, 0.15) is 26.2 Å². The van der Waals surface area contributed by atoms with E-state index >= 15 is 0 Å². The van der Waals surface area contributed by atoms with Crippen LogP contribution in [0.2, 0.25) is 0 Å². The van der Waals surface area contributed by atoms with Crippen LogP contribution in [0, 0.1) is 0 Å². The lowest BCUT2D eigenvalue weighted by Gasteiger charge is -2.49. The van der Waals surface area contributed by atoms with Crippen LogP contribution in [-0.2, 0) is 14.3 Å². The topological polar surface area (TPSA) is 75.9 Å². The van der Waals surface area contributed by atoms with Gasteiger partial charge in [-0.1, -0.05) is 0 Å². The van der Waals surface area contributed by atoms with Crippen molar-refractivity contribution in [3.05, 3.63) is 0 Å². The fourth-order valence-electron chi connectivity index (χ4n) is 2.42. The van der Waals surface area contributed by atoms with Crippen LogP contribution in [0.15, 0.2) is 0 Å². The summed E-state index contributed by atoms with van der Waals surface area (Å²) < 4.78 is 4.77. The Morgan fingerprint density at radius 3 is 2.26 bits per heavy atom. The number of carbonyl (C=O) groups excluding carboxylic acids is 2. The molecule has 0 radical (unpaired) electrons. The molecule has 110 valence electrons. The number of carbonyl (C=O) groups is 2. The number of esters is 1. The van der Waals surface area contributed by atoms with Gasteiger partial charge in [0, 0.05) is 19.1 Å². The number of nitrogens with two attached hydrogens (primary N) is 1. The van der Waals surface area contributed by atoms with Crippen molar-refractivity contribution in [3.8, 4) is 0 Å². The predicted molar refractivity (Wildman–Crippen MR) is 72.5 cm³/mol. The maximum atomic E-state index is 12.1. The second-order valence-electron chi connectivity index (χ2n) is 5.40. The first-order valence-electron chi connectivity index (χ1n) is 6.68. The Labute approximate surface area is 114 Å². The molecule has 6 heteroatoms. The lowest BCUT2D eigenvalue weighted by Crippen LogP contribution is -2.59. The summed E-state index contributed by atoms with van der Waals surface area (Å²) in [5.41, 5.74) is 5.65. The van der Waals surface area contributed by atoms with Gasteiger partial charge in [0.2, 0.25) is 0 Å². The smallest absolute Gasteiger partial charge is 0.332 e. The quantitative estimate of drug-likeness (QED) is 0.536. The van der Waals surface area contributed by atoms with E-state index in [0.717, 1.165) is 12.8 Å². The Morgan fingerprint density at radius 2 is 1.89 bits per heavy atom. The molecule has 0 saturated heterocycles. The number of nitrogens with zero attached hydrogens (tertiary/aromatic N) is 2. The zero-order valence-electron chi connectivity index (χ0n) is 12.3. The molecule has 0 bridgehead atoms. The molecule has 2 N–H and O–H groups in total. The van der Waals surface area contributed by atoms with Crippen molar-refractivity contribution in [1.82, 2.24) is 9.80 Å². The molecule has 1 fully saturated rings. The Hall–Kier alpha value is -1.14. The van der Waals surface area contributed by atoms with Gasteiger partial charge >= 0.3 is 5.97 Å². The van der Waals surface area contributed by atoms with Crippen LogP contribution >= 0.6 is 0 Å². The minimum absolute atomic E-state index is 0.0266. The normalized spacial score (nSPS) is 18.6. The average Bonchev–Trinajstić information content (AvgIpc) is 2.31. The van der Waals surface area contributed by atoms with Gasteiger partial charge in [-0.05, 0) is 40.3 Å². The van der Waals surface area contributed by atoms with E-state index in [0.29, 0.717) is 6.54 Å². The molecule has 1 rings (SSSR count). The highest BCUT2D eigenvalue weighted by atomic mass is 16.5. The third kappa shape index (κ3) is 3.45. The van der Waals surface area contributed by atoms with E-state index in [2.05, 4.69) is 4.90 Å². The number of hydrogen-bond acceptors (Lipinski definition) is 5. The van der Waals surface area contributed by atoms with E-state index in [9.17, 15) is 9.59 Å². The van der Waals surface area contributed by atoms with E-state index in [4.69, 9.17) is 10.5 Å².